The fourth-order valence-electron chi connectivity index (χ4n) is 4.10. The maximum absolute atomic E-state index is 11.7. The van der Waals surface area contributed by atoms with E-state index >= 15 is 0 Å². The van der Waals surface area contributed by atoms with Crippen molar-refractivity contribution in [1.29, 1.82) is 0 Å². The lowest BCUT2D eigenvalue weighted by molar-refractivity contribution is 0.0592. The summed E-state index contributed by atoms with van der Waals surface area (Å²) in [5, 5.41) is 6.59. The first kappa shape index (κ1) is 30.6. The molecule has 0 radical (unpaired) electrons. The van der Waals surface area contributed by atoms with Crippen molar-refractivity contribution in [2.75, 3.05) is 24.9 Å². The van der Waals surface area contributed by atoms with Crippen LogP contribution in [0.5, 0.6) is 0 Å². The van der Waals surface area contributed by atoms with Gasteiger partial charge >= 0.3 is 11.9 Å². The third-order valence-electron chi connectivity index (χ3n) is 6.50. The van der Waals surface area contributed by atoms with Crippen molar-refractivity contribution in [3.05, 3.63) is 95.3 Å². The number of nitrogens with one attached hydrogen (secondary N) is 2. The van der Waals surface area contributed by atoms with Crippen LogP contribution in [0.4, 0.5) is 23.0 Å². The number of nitrogens with zero attached hydrogens (tertiary/aromatic N) is 8. The van der Waals surface area contributed by atoms with E-state index in [1.165, 1.54) is 39.5 Å². The highest BCUT2D eigenvalue weighted by molar-refractivity contribution is 6.33. The standard InChI is InChI=1S/C15H12ClN5O2.C15H13N5O2/c1-8-3-4-9(15(22)23-2)5-10(8)21-14-12-11(17-7-20-14)13(16)19-6-18-12;1-9-3-4-10(15(21)22-2)5-11(9)20-14-13-12(17-8-19-14)6-16-7-18-13/h3-7H,1-2H3,(H,17,20,21);3-8H,1-2H3,(H,17,19,20). The predicted molar refractivity (Wildman–Crippen MR) is 167 cm³/mol. The molecule has 0 amide bonds. The number of anilines is 4. The van der Waals surface area contributed by atoms with Gasteiger partial charge in [0.05, 0.1) is 31.5 Å². The van der Waals surface area contributed by atoms with Crippen LogP contribution in [0.1, 0.15) is 31.8 Å². The number of carbonyl (C=O) groups is 2. The number of aryl methyl sites for hydroxylation is 2. The molecule has 0 aliphatic heterocycles. The lowest BCUT2D eigenvalue weighted by Crippen LogP contribution is -2.04. The van der Waals surface area contributed by atoms with E-state index in [0.29, 0.717) is 50.5 Å². The van der Waals surface area contributed by atoms with E-state index in [9.17, 15) is 9.59 Å². The Bertz CT molecular complexity index is 2040. The van der Waals surface area contributed by atoms with Gasteiger partial charge in [-0.3, -0.25) is 0 Å². The van der Waals surface area contributed by atoms with E-state index in [2.05, 4.69) is 50.5 Å². The topological polar surface area (TPSA) is 180 Å². The second-order valence-electron chi connectivity index (χ2n) is 9.36. The molecule has 0 aliphatic carbocycles. The van der Waals surface area contributed by atoms with Gasteiger partial charge in [-0.1, -0.05) is 23.7 Å². The molecule has 226 valence electrons. The number of benzene rings is 2. The second-order valence-corrected chi connectivity index (χ2v) is 9.71. The highest BCUT2D eigenvalue weighted by Gasteiger charge is 2.13. The predicted octanol–water partition coefficient (Wildman–Crippen LogP) is 5.17. The lowest BCUT2D eigenvalue weighted by atomic mass is 10.1. The molecular formula is C30H25ClN10O4. The molecule has 0 saturated carbocycles. The first-order valence-corrected chi connectivity index (χ1v) is 13.6. The van der Waals surface area contributed by atoms with E-state index in [1.807, 2.05) is 26.0 Å². The number of methoxy groups -OCH3 is 2. The molecule has 4 heterocycles. The summed E-state index contributed by atoms with van der Waals surface area (Å²) in [4.78, 5) is 56.1. The van der Waals surface area contributed by atoms with Gasteiger partial charge in [0.1, 0.15) is 47.4 Å². The molecule has 4 aromatic heterocycles. The second kappa shape index (κ2) is 13.6. The van der Waals surface area contributed by atoms with Crippen molar-refractivity contribution < 1.29 is 19.1 Å². The maximum Gasteiger partial charge on any atom is 0.337 e. The van der Waals surface area contributed by atoms with Crippen molar-refractivity contribution in [2.45, 2.75) is 13.8 Å². The molecule has 2 aromatic carbocycles. The van der Waals surface area contributed by atoms with Gasteiger partial charge in [-0.05, 0) is 49.2 Å². The summed E-state index contributed by atoms with van der Waals surface area (Å²) in [5.41, 5.74) is 6.46. The SMILES string of the molecule is COC(=O)c1ccc(C)c(Nc2ncnc3c(Cl)ncnc23)c1.COC(=O)c1ccc(C)c(Nc2ncnc3cncnc23)c1. The van der Waals surface area contributed by atoms with Crippen LogP contribution < -0.4 is 10.6 Å². The number of carbonyl (C=O) groups excluding carboxylic acids is 2. The summed E-state index contributed by atoms with van der Waals surface area (Å²) in [6.45, 7) is 3.84. The van der Waals surface area contributed by atoms with Crippen molar-refractivity contribution in [1.82, 2.24) is 39.9 Å². The molecule has 14 nitrogen and oxygen atoms in total. The number of ether oxygens (including phenoxy) is 2. The van der Waals surface area contributed by atoms with Crippen molar-refractivity contribution >= 4 is 68.6 Å². The number of esters is 2. The lowest BCUT2D eigenvalue weighted by Gasteiger charge is -2.11. The molecule has 0 saturated heterocycles. The van der Waals surface area contributed by atoms with Gasteiger partial charge in [-0.2, -0.15) is 0 Å². The third-order valence-corrected chi connectivity index (χ3v) is 6.78. The zero-order valence-electron chi connectivity index (χ0n) is 24.4. The van der Waals surface area contributed by atoms with Crippen molar-refractivity contribution in [3.8, 4) is 0 Å². The molecule has 0 spiro atoms. The fraction of sp³-hybridized carbons (Fsp3) is 0.133. The van der Waals surface area contributed by atoms with Crippen LogP contribution >= 0.6 is 11.6 Å². The monoisotopic (exact) mass is 624 g/mol. The van der Waals surface area contributed by atoms with Gasteiger partial charge < -0.3 is 20.1 Å². The highest BCUT2D eigenvalue weighted by Crippen LogP contribution is 2.27. The van der Waals surface area contributed by atoms with Gasteiger partial charge in [0.15, 0.2) is 16.8 Å². The Morgan fingerprint density at radius 1 is 0.644 bits per heavy atom. The minimum Gasteiger partial charge on any atom is -0.465 e. The normalized spacial score (nSPS) is 10.5. The number of fused-ring (bicyclic) bond motifs is 2. The van der Waals surface area contributed by atoms with Crippen LogP contribution in [0.25, 0.3) is 22.1 Å². The van der Waals surface area contributed by atoms with Gasteiger partial charge in [0.2, 0.25) is 0 Å². The number of aromatic nitrogens is 8. The maximum atomic E-state index is 11.7. The van der Waals surface area contributed by atoms with Gasteiger partial charge in [0.25, 0.3) is 0 Å². The Hall–Kier alpha value is -5.89. The Kier molecular flexibility index (Phi) is 9.24. The number of rotatable bonds is 6. The number of hydrogen-bond acceptors (Lipinski definition) is 14. The number of hydrogen-bond donors (Lipinski definition) is 2. The molecule has 0 fully saturated rings. The van der Waals surface area contributed by atoms with Crippen LogP contribution in [-0.2, 0) is 9.47 Å². The van der Waals surface area contributed by atoms with Gasteiger partial charge in [0, 0.05) is 11.4 Å². The van der Waals surface area contributed by atoms with E-state index in [4.69, 9.17) is 21.1 Å². The zero-order chi connectivity index (χ0) is 31.9. The molecule has 0 aliphatic rings. The Labute approximate surface area is 261 Å². The van der Waals surface area contributed by atoms with Crippen LogP contribution in [0, 0.1) is 13.8 Å². The minimum atomic E-state index is -0.411. The Morgan fingerprint density at radius 3 is 1.76 bits per heavy atom. The first-order chi connectivity index (χ1) is 21.8. The third kappa shape index (κ3) is 6.86. The van der Waals surface area contributed by atoms with E-state index in [-0.39, 0.29) is 5.15 Å². The highest BCUT2D eigenvalue weighted by atomic mass is 35.5. The minimum absolute atomic E-state index is 0.250. The average Bonchev–Trinajstić information content (AvgIpc) is 3.07. The van der Waals surface area contributed by atoms with Crippen molar-refractivity contribution in [3.63, 3.8) is 0 Å². The van der Waals surface area contributed by atoms with Crippen LogP contribution in [0.2, 0.25) is 5.15 Å². The summed E-state index contributed by atoms with van der Waals surface area (Å²) in [7, 11) is 2.69. The van der Waals surface area contributed by atoms with E-state index in [1.54, 1.807) is 30.5 Å². The molecule has 45 heavy (non-hydrogen) atoms. The summed E-state index contributed by atoms with van der Waals surface area (Å²) in [5.74, 6) is 0.228. The summed E-state index contributed by atoms with van der Waals surface area (Å²) >= 11 is 6.02. The largest absolute Gasteiger partial charge is 0.465 e. The molecule has 0 bridgehead atoms. The van der Waals surface area contributed by atoms with Crippen LogP contribution in [0.15, 0.2) is 67.9 Å². The fourth-order valence-corrected chi connectivity index (χ4v) is 4.28. The van der Waals surface area contributed by atoms with Crippen LogP contribution in [-0.4, -0.2) is 66.0 Å². The smallest absolute Gasteiger partial charge is 0.337 e. The summed E-state index contributed by atoms with van der Waals surface area (Å²) in [6.07, 6.45) is 7.21. The van der Waals surface area contributed by atoms with Gasteiger partial charge in [-0.25, -0.2) is 49.5 Å². The van der Waals surface area contributed by atoms with E-state index < -0.39 is 11.9 Å². The Morgan fingerprint density at radius 2 is 1.16 bits per heavy atom. The molecule has 0 unspecified atom stereocenters. The first-order valence-electron chi connectivity index (χ1n) is 13.2. The zero-order valence-corrected chi connectivity index (χ0v) is 25.2. The molecule has 15 heteroatoms. The average molecular weight is 625 g/mol. The van der Waals surface area contributed by atoms with E-state index in [0.717, 1.165) is 16.8 Å². The quantitative estimate of drug-likeness (QED) is 0.183. The molecule has 6 aromatic rings. The van der Waals surface area contributed by atoms with Gasteiger partial charge in [-0.15, -0.1) is 0 Å². The molecule has 6 rings (SSSR count). The summed E-state index contributed by atoms with van der Waals surface area (Å²) in [6, 6.07) is 10.5. The summed E-state index contributed by atoms with van der Waals surface area (Å²) < 4.78 is 9.48. The Balaban J connectivity index is 0.000000178. The van der Waals surface area contributed by atoms with Crippen LogP contribution in [0.3, 0.4) is 0 Å². The van der Waals surface area contributed by atoms with Crippen molar-refractivity contribution in [2.24, 2.45) is 0 Å². The number of halogens is 1. The molecular weight excluding hydrogens is 600 g/mol. The molecule has 2 N–H and O–H groups in total. The molecule has 0 atom stereocenters.